The molecule has 10 nitrogen and oxygen atoms in total. The Balaban J connectivity index is 4.42. The van der Waals surface area contributed by atoms with Gasteiger partial charge in [-0.1, -0.05) is 0 Å². The quantitative estimate of drug-likeness (QED) is 0.321. The first-order valence-corrected chi connectivity index (χ1v) is 5.98. The molecule has 21 heavy (non-hydrogen) atoms. The number of primary amides is 1. The van der Waals surface area contributed by atoms with E-state index >= 15 is 0 Å². The Bertz CT molecular complexity index is 450. The highest BCUT2D eigenvalue weighted by molar-refractivity contribution is 5.92. The van der Waals surface area contributed by atoms with Gasteiger partial charge in [-0.2, -0.15) is 0 Å². The topological polar surface area (TPSA) is 168 Å². The third kappa shape index (κ3) is 8.18. The van der Waals surface area contributed by atoms with Crippen LogP contribution in [0.3, 0.4) is 0 Å². The van der Waals surface area contributed by atoms with Crippen LogP contribution in [-0.2, 0) is 24.0 Å². The van der Waals surface area contributed by atoms with Crippen LogP contribution in [0.4, 0.5) is 0 Å². The zero-order valence-corrected chi connectivity index (χ0v) is 11.6. The van der Waals surface area contributed by atoms with Gasteiger partial charge in [0.2, 0.25) is 23.6 Å². The fourth-order valence-corrected chi connectivity index (χ4v) is 1.26. The normalized spacial score (nSPS) is 12.7. The van der Waals surface area contributed by atoms with Gasteiger partial charge < -0.3 is 26.8 Å². The summed E-state index contributed by atoms with van der Waals surface area (Å²) in [5.41, 5.74) is 4.87. The number of hydrogen-bond acceptors (Lipinski definition) is 5. The number of nitrogens with one attached hydrogen (secondary N) is 3. The van der Waals surface area contributed by atoms with Crippen LogP contribution in [0.25, 0.3) is 0 Å². The molecule has 0 bridgehead atoms. The number of carbonyl (C=O) groups is 5. The van der Waals surface area contributed by atoms with Crippen LogP contribution in [0.5, 0.6) is 0 Å². The molecule has 0 aromatic rings. The van der Waals surface area contributed by atoms with Gasteiger partial charge in [-0.3, -0.25) is 19.2 Å². The highest BCUT2D eigenvalue weighted by atomic mass is 16.4. The smallest absolute Gasteiger partial charge is 0.326 e. The number of amides is 4. The van der Waals surface area contributed by atoms with Crippen LogP contribution >= 0.6 is 0 Å². The first-order valence-electron chi connectivity index (χ1n) is 5.98. The molecule has 4 amide bonds. The van der Waals surface area contributed by atoms with E-state index in [0.717, 1.165) is 0 Å². The van der Waals surface area contributed by atoms with Crippen molar-refractivity contribution in [3.8, 4) is 0 Å². The summed E-state index contributed by atoms with van der Waals surface area (Å²) in [5.74, 6) is -4.12. The number of nitrogens with two attached hydrogens (primary N) is 1. The number of carboxylic acid groups (broad SMARTS) is 1. The molecule has 0 heterocycles. The Morgan fingerprint density at radius 2 is 1.71 bits per heavy atom. The van der Waals surface area contributed by atoms with E-state index in [1.54, 1.807) is 0 Å². The maximum Gasteiger partial charge on any atom is 0.326 e. The molecule has 0 radical (unpaired) electrons. The summed E-state index contributed by atoms with van der Waals surface area (Å²) in [4.78, 5) is 55.2. The Kier molecular flexibility index (Phi) is 7.43. The van der Waals surface area contributed by atoms with Crippen LogP contribution < -0.4 is 21.7 Å². The van der Waals surface area contributed by atoms with Gasteiger partial charge >= 0.3 is 5.97 Å². The molecular formula is C11H18N4O6. The zero-order valence-electron chi connectivity index (χ0n) is 11.6. The maximum absolute atomic E-state index is 11.7. The van der Waals surface area contributed by atoms with E-state index in [2.05, 4.69) is 16.0 Å². The molecule has 0 aliphatic heterocycles. The van der Waals surface area contributed by atoms with Crippen LogP contribution in [-0.4, -0.2) is 53.3 Å². The largest absolute Gasteiger partial charge is 0.480 e. The van der Waals surface area contributed by atoms with Crippen molar-refractivity contribution in [3.63, 3.8) is 0 Å². The number of rotatable bonds is 8. The Labute approximate surface area is 120 Å². The van der Waals surface area contributed by atoms with Crippen molar-refractivity contribution in [2.45, 2.75) is 32.4 Å². The lowest BCUT2D eigenvalue weighted by atomic mass is 10.2. The van der Waals surface area contributed by atoms with Gasteiger partial charge in [0, 0.05) is 6.92 Å². The van der Waals surface area contributed by atoms with Gasteiger partial charge in [-0.05, 0) is 6.92 Å². The molecule has 0 aromatic carbocycles. The molecule has 0 aliphatic rings. The van der Waals surface area contributed by atoms with E-state index < -0.39 is 48.1 Å². The average molecular weight is 302 g/mol. The van der Waals surface area contributed by atoms with Gasteiger partial charge in [0.25, 0.3) is 0 Å². The van der Waals surface area contributed by atoms with Gasteiger partial charge in [-0.25, -0.2) is 4.79 Å². The average Bonchev–Trinajstić information content (AvgIpc) is 2.34. The first-order chi connectivity index (χ1) is 9.63. The van der Waals surface area contributed by atoms with Gasteiger partial charge in [0.05, 0.1) is 13.0 Å². The highest BCUT2D eigenvalue weighted by Gasteiger charge is 2.25. The monoisotopic (exact) mass is 302 g/mol. The minimum absolute atomic E-state index is 0.309. The van der Waals surface area contributed by atoms with Crippen LogP contribution in [0.15, 0.2) is 0 Å². The van der Waals surface area contributed by atoms with Gasteiger partial charge in [-0.15, -0.1) is 0 Å². The van der Waals surface area contributed by atoms with Crippen molar-refractivity contribution in [2.75, 3.05) is 6.54 Å². The molecule has 0 rings (SSSR count). The molecule has 6 N–H and O–H groups in total. The summed E-state index contributed by atoms with van der Waals surface area (Å²) >= 11 is 0. The van der Waals surface area contributed by atoms with E-state index in [9.17, 15) is 24.0 Å². The van der Waals surface area contributed by atoms with Crippen molar-refractivity contribution in [1.82, 2.24) is 16.0 Å². The summed E-state index contributed by atoms with van der Waals surface area (Å²) in [6.45, 7) is 2.24. The summed E-state index contributed by atoms with van der Waals surface area (Å²) in [5, 5.41) is 15.4. The number of carbonyl (C=O) groups excluding carboxylic acids is 4. The van der Waals surface area contributed by atoms with E-state index in [4.69, 9.17) is 10.8 Å². The van der Waals surface area contributed by atoms with Crippen molar-refractivity contribution >= 4 is 29.6 Å². The van der Waals surface area contributed by atoms with Crippen LogP contribution in [0.1, 0.15) is 20.3 Å². The lowest BCUT2D eigenvalue weighted by molar-refractivity contribution is -0.143. The fraction of sp³-hybridized carbons (Fsp3) is 0.545. The predicted molar refractivity (Wildman–Crippen MR) is 69.7 cm³/mol. The third-order valence-corrected chi connectivity index (χ3v) is 2.29. The van der Waals surface area contributed by atoms with Crippen molar-refractivity contribution in [1.29, 1.82) is 0 Å². The SMILES string of the molecule is CC(=O)NCC(=O)NC(C)C(=O)N[C@@H](CC(N)=O)C(=O)O. The molecule has 2 atom stereocenters. The Hall–Kier alpha value is -2.65. The lowest BCUT2D eigenvalue weighted by Gasteiger charge is -2.17. The van der Waals surface area contributed by atoms with Crippen molar-refractivity contribution < 1.29 is 29.1 Å². The molecule has 118 valence electrons. The second-order valence-corrected chi connectivity index (χ2v) is 4.27. The molecular weight excluding hydrogens is 284 g/mol. The summed E-state index contributed by atoms with van der Waals surface area (Å²) in [6, 6.07) is -2.51. The van der Waals surface area contributed by atoms with Gasteiger partial charge in [0.15, 0.2) is 0 Å². The maximum atomic E-state index is 11.7. The molecule has 0 aromatic heterocycles. The molecule has 0 saturated heterocycles. The second kappa shape index (κ2) is 8.51. The van der Waals surface area contributed by atoms with E-state index in [0.29, 0.717) is 0 Å². The van der Waals surface area contributed by atoms with Crippen LogP contribution in [0, 0.1) is 0 Å². The molecule has 0 saturated carbocycles. The Morgan fingerprint density at radius 1 is 1.14 bits per heavy atom. The second-order valence-electron chi connectivity index (χ2n) is 4.27. The molecule has 1 unspecified atom stereocenters. The molecule has 0 aliphatic carbocycles. The van der Waals surface area contributed by atoms with E-state index in [1.165, 1.54) is 13.8 Å². The summed E-state index contributed by atoms with van der Waals surface area (Å²) < 4.78 is 0. The number of hydrogen-bond donors (Lipinski definition) is 5. The van der Waals surface area contributed by atoms with Crippen molar-refractivity contribution in [3.05, 3.63) is 0 Å². The minimum atomic E-state index is -1.47. The standard InChI is InChI=1S/C11H18N4O6/c1-5(14-9(18)4-13-6(2)16)10(19)15-7(11(20)21)3-8(12)17/h5,7H,3-4H2,1-2H3,(H2,12,17)(H,13,16)(H,14,18)(H,15,19)(H,20,21)/t5?,7-/m0/s1. The Morgan fingerprint density at radius 3 is 2.14 bits per heavy atom. The van der Waals surface area contributed by atoms with Crippen LogP contribution in [0.2, 0.25) is 0 Å². The lowest BCUT2D eigenvalue weighted by Crippen LogP contribution is -2.52. The van der Waals surface area contributed by atoms with Gasteiger partial charge in [0.1, 0.15) is 12.1 Å². The van der Waals surface area contributed by atoms with E-state index in [-0.39, 0.29) is 6.54 Å². The zero-order chi connectivity index (χ0) is 16.6. The number of carboxylic acids is 1. The summed E-state index contributed by atoms with van der Waals surface area (Å²) in [7, 11) is 0. The number of aliphatic carboxylic acids is 1. The molecule has 10 heteroatoms. The molecule has 0 spiro atoms. The summed E-state index contributed by atoms with van der Waals surface area (Å²) in [6.07, 6.45) is -0.562. The minimum Gasteiger partial charge on any atom is -0.480 e. The third-order valence-electron chi connectivity index (χ3n) is 2.29. The van der Waals surface area contributed by atoms with E-state index in [1.807, 2.05) is 0 Å². The molecule has 0 fully saturated rings. The fourth-order valence-electron chi connectivity index (χ4n) is 1.26. The highest BCUT2D eigenvalue weighted by Crippen LogP contribution is 1.94. The van der Waals surface area contributed by atoms with Crippen molar-refractivity contribution in [2.24, 2.45) is 5.73 Å². The predicted octanol–water partition coefficient (Wildman–Crippen LogP) is -2.93. The first kappa shape index (κ1) is 18.4.